The Bertz CT molecular complexity index is 992. The Labute approximate surface area is 185 Å². The van der Waals surface area contributed by atoms with E-state index < -0.39 is 53.5 Å². The van der Waals surface area contributed by atoms with Gasteiger partial charge in [-0.2, -0.15) is 18.3 Å². The number of hydrogen-bond donors (Lipinski definition) is 4. The standard InChI is InChI=1S/C18H21ClF4N6O3/c1-7-14(15(19)27-26-7)25-17(31)10-4-11(20)9(16-24-13(6-30)29(3)28-16)5-12(10)32-8(2)18(21,22)23/h4-5,7-8,14-15,26-27,30H,6H2,1-3H3,(H,25,31)/t7?,8-,14?,15?/m0/s1. The van der Waals surface area contributed by atoms with Crippen LogP contribution in [0.3, 0.4) is 0 Å². The zero-order valence-corrected chi connectivity index (χ0v) is 17.9. The lowest BCUT2D eigenvalue weighted by atomic mass is 10.1. The summed E-state index contributed by atoms with van der Waals surface area (Å²) in [5, 5.41) is 15.8. The SMILES string of the molecule is CC1NNC(Cl)C1NC(=O)c1cc(F)c(-c2nc(CO)n(C)n2)cc1O[C@@H](C)C(F)(F)F. The number of nitrogens with zero attached hydrogens (tertiary/aromatic N) is 3. The van der Waals surface area contributed by atoms with Crippen molar-refractivity contribution < 1.29 is 32.2 Å². The molecule has 1 aromatic carbocycles. The fourth-order valence-corrected chi connectivity index (χ4v) is 3.34. The minimum Gasteiger partial charge on any atom is -0.480 e. The van der Waals surface area contributed by atoms with Gasteiger partial charge in [-0.05, 0) is 26.0 Å². The van der Waals surface area contributed by atoms with Gasteiger partial charge in [0.25, 0.3) is 5.91 Å². The molecule has 1 amide bonds. The second-order valence-electron chi connectivity index (χ2n) is 7.24. The van der Waals surface area contributed by atoms with Crippen molar-refractivity contribution in [2.24, 2.45) is 7.05 Å². The van der Waals surface area contributed by atoms with E-state index in [1.54, 1.807) is 6.92 Å². The molecule has 3 unspecified atom stereocenters. The molecule has 0 bridgehead atoms. The van der Waals surface area contributed by atoms with Crippen LogP contribution in [0.2, 0.25) is 0 Å². The first-order valence-corrected chi connectivity index (χ1v) is 9.90. The molecule has 0 saturated carbocycles. The van der Waals surface area contributed by atoms with Crippen LogP contribution in [0, 0.1) is 5.82 Å². The monoisotopic (exact) mass is 480 g/mol. The molecule has 1 aliphatic heterocycles. The van der Waals surface area contributed by atoms with E-state index in [1.807, 2.05) is 0 Å². The lowest BCUT2D eigenvalue weighted by Gasteiger charge is -2.22. The van der Waals surface area contributed by atoms with Crippen molar-refractivity contribution in [3.8, 4) is 17.1 Å². The minimum atomic E-state index is -4.73. The number of carbonyl (C=O) groups excluding carboxylic acids is 1. The number of aromatic nitrogens is 3. The number of ether oxygens (including phenoxy) is 1. The number of aliphatic hydroxyl groups excluding tert-OH is 1. The molecule has 0 spiro atoms. The molecule has 0 aliphatic carbocycles. The van der Waals surface area contributed by atoms with Crippen LogP contribution in [-0.4, -0.2) is 55.6 Å². The van der Waals surface area contributed by atoms with Gasteiger partial charge in [-0.1, -0.05) is 0 Å². The van der Waals surface area contributed by atoms with E-state index in [4.69, 9.17) is 16.3 Å². The van der Waals surface area contributed by atoms with Gasteiger partial charge < -0.3 is 15.2 Å². The van der Waals surface area contributed by atoms with Crippen molar-refractivity contribution in [2.75, 3.05) is 0 Å². The van der Waals surface area contributed by atoms with E-state index in [0.29, 0.717) is 0 Å². The summed E-state index contributed by atoms with van der Waals surface area (Å²) in [6.07, 6.45) is -7.02. The summed E-state index contributed by atoms with van der Waals surface area (Å²) in [4.78, 5) is 16.8. The van der Waals surface area contributed by atoms with Gasteiger partial charge >= 0.3 is 6.18 Å². The summed E-state index contributed by atoms with van der Waals surface area (Å²) < 4.78 is 60.4. The highest BCUT2D eigenvalue weighted by Gasteiger charge is 2.39. The van der Waals surface area contributed by atoms with Crippen LogP contribution in [0.1, 0.15) is 30.0 Å². The maximum Gasteiger partial charge on any atom is 0.425 e. The van der Waals surface area contributed by atoms with Gasteiger partial charge in [0.05, 0.1) is 17.2 Å². The molecule has 1 fully saturated rings. The third-order valence-electron chi connectivity index (χ3n) is 4.91. The van der Waals surface area contributed by atoms with Gasteiger partial charge in [-0.15, -0.1) is 11.6 Å². The van der Waals surface area contributed by atoms with Crippen LogP contribution in [0.5, 0.6) is 5.75 Å². The second-order valence-corrected chi connectivity index (χ2v) is 7.71. The van der Waals surface area contributed by atoms with E-state index >= 15 is 0 Å². The maximum absolute atomic E-state index is 14.9. The lowest BCUT2D eigenvalue weighted by molar-refractivity contribution is -0.189. The normalized spacial score (nSPS) is 22.1. The maximum atomic E-state index is 14.9. The number of rotatable bonds is 6. The molecule has 4 atom stereocenters. The first kappa shape index (κ1) is 24.2. The Kier molecular flexibility index (Phi) is 6.93. The fourth-order valence-electron chi connectivity index (χ4n) is 3.00. The summed E-state index contributed by atoms with van der Waals surface area (Å²) in [6.45, 7) is 2.00. The number of aryl methyl sites for hydroxylation is 1. The first-order chi connectivity index (χ1) is 14.9. The number of nitrogens with one attached hydrogen (secondary N) is 3. The van der Waals surface area contributed by atoms with Crippen LogP contribution in [0.25, 0.3) is 11.4 Å². The summed E-state index contributed by atoms with van der Waals surface area (Å²) in [5.41, 5.74) is 4.06. The van der Waals surface area contributed by atoms with Gasteiger partial charge in [0.1, 0.15) is 23.7 Å². The van der Waals surface area contributed by atoms with Crippen molar-refractivity contribution in [1.29, 1.82) is 0 Å². The molecule has 2 heterocycles. The quantitative estimate of drug-likeness (QED) is 0.282. The number of hydrogen-bond acceptors (Lipinski definition) is 7. The Morgan fingerprint density at radius 2 is 2.09 bits per heavy atom. The van der Waals surface area contributed by atoms with E-state index in [1.165, 1.54) is 11.7 Å². The van der Waals surface area contributed by atoms with Crippen LogP contribution < -0.4 is 20.9 Å². The Hall–Kier alpha value is -2.48. The minimum absolute atomic E-state index is 0.107. The Balaban J connectivity index is 2.02. The predicted molar refractivity (Wildman–Crippen MR) is 105 cm³/mol. The number of benzene rings is 1. The van der Waals surface area contributed by atoms with E-state index in [2.05, 4.69) is 26.3 Å². The summed E-state index contributed by atoms with van der Waals surface area (Å²) in [6, 6.07) is 0.736. The van der Waals surface area contributed by atoms with E-state index in [9.17, 15) is 27.5 Å². The Morgan fingerprint density at radius 1 is 1.41 bits per heavy atom. The van der Waals surface area contributed by atoms with Gasteiger partial charge in [0.15, 0.2) is 17.8 Å². The molecule has 1 saturated heterocycles. The molecule has 4 N–H and O–H groups in total. The molecule has 14 heteroatoms. The molecule has 1 aromatic heterocycles. The zero-order chi connectivity index (χ0) is 23.8. The number of halogens is 5. The second kappa shape index (κ2) is 9.17. The lowest BCUT2D eigenvalue weighted by Crippen LogP contribution is -2.45. The number of aliphatic hydroxyl groups is 1. The summed E-state index contributed by atoms with van der Waals surface area (Å²) in [5.74, 6) is -2.44. The van der Waals surface area contributed by atoms with Crippen molar-refractivity contribution in [1.82, 2.24) is 30.9 Å². The van der Waals surface area contributed by atoms with Crippen molar-refractivity contribution in [3.63, 3.8) is 0 Å². The molecule has 176 valence electrons. The van der Waals surface area contributed by atoms with Crippen LogP contribution in [0.15, 0.2) is 12.1 Å². The molecule has 1 aliphatic rings. The molecule has 0 radical (unpaired) electrons. The average Bonchev–Trinajstić information content (AvgIpc) is 3.24. The van der Waals surface area contributed by atoms with Gasteiger partial charge in [0.2, 0.25) is 0 Å². The van der Waals surface area contributed by atoms with Crippen LogP contribution >= 0.6 is 11.6 Å². The predicted octanol–water partition coefficient (Wildman–Crippen LogP) is 1.60. The topological polar surface area (TPSA) is 113 Å². The molecule has 3 rings (SSSR count). The average molecular weight is 481 g/mol. The highest BCUT2D eigenvalue weighted by Crippen LogP contribution is 2.33. The van der Waals surface area contributed by atoms with Gasteiger partial charge in [0, 0.05) is 13.1 Å². The van der Waals surface area contributed by atoms with Crippen LogP contribution in [0.4, 0.5) is 17.6 Å². The third-order valence-corrected chi connectivity index (χ3v) is 5.30. The summed E-state index contributed by atoms with van der Waals surface area (Å²) >= 11 is 6.07. The largest absolute Gasteiger partial charge is 0.480 e. The number of alkyl halides is 4. The number of carbonyl (C=O) groups is 1. The highest BCUT2D eigenvalue weighted by molar-refractivity contribution is 6.21. The van der Waals surface area contributed by atoms with Gasteiger partial charge in [-0.25, -0.2) is 14.8 Å². The van der Waals surface area contributed by atoms with Crippen molar-refractivity contribution >= 4 is 17.5 Å². The molecule has 32 heavy (non-hydrogen) atoms. The van der Waals surface area contributed by atoms with E-state index in [0.717, 1.165) is 19.1 Å². The third kappa shape index (κ3) is 4.95. The highest BCUT2D eigenvalue weighted by atomic mass is 35.5. The van der Waals surface area contributed by atoms with Crippen molar-refractivity contribution in [3.05, 3.63) is 29.3 Å². The smallest absolute Gasteiger partial charge is 0.425 e. The molecule has 2 aromatic rings. The van der Waals surface area contributed by atoms with E-state index in [-0.39, 0.29) is 23.3 Å². The molecular formula is C18H21ClF4N6O3. The summed E-state index contributed by atoms with van der Waals surface area (Å²) in [7, 11) is 1.46. The van der Waals surface area contributed by atoms with Crippen molar-refractivity contribution in [2.45, 2.75) is 50.3 Å². The number of hydrazine groups is 1. The van der Waals surface area contributed by atoms with Gasteiger partial charge in [-0.3, -0.25) is 14.9 Å². The Morgan fingerprint density at radius 3 is 2.62 bits per heavy atom. The fraction of sp³-hybridized carbons (Fsp3) is 0.500. The van der Waals surface area contributed by atoms with Crippen LogP contribution in [-0.2, 0) is 13.7 Å². The number of amides is 1. The first-order valence-electron chi connectivity index (χ1n) is 9.46. The molecular weight excluding hydrogens is 460 g/mol. The molecule has 9 nitrogen and oxygen atoms in total. The zero-order valence-electron chi connectivity index (χ0n) is 17.2.